The van der Waals surface area contributed by atoms with Crippen LogP contribution in [0, 0.1) is 40.4 Å². The van der Waals surface area contributed by atoms with Gasteiger partial charge in [0.15, 0.2) is 5.79 Å². The van der Waals surface area contributed by atoms with Gasteiger partial charge in [-0.1, -0.05) is 20.8 Å². The molecule has 152 valence electrons. The molecule has 6 rings (SSSR count). The number of rotatable bonds is 2. The fourth-order valence-corrected chi connectivity index (χ4v) is 9.01. The largest absolute Gasteiger partial charge is 0.469 e. The topological polar surface area (TPSA) is 55.8 Å². The Labute approximate surface area is 163 Å². The summed E-state index contributed by atoms with van der Waals surface area (Å²) in [7, 11) is 1.51. The standard InChI is InChI=1S/C23H36O4/c1-14(19(24)26-4)16-7-8-17-18-6-5-15-13-22(25)11-10-21(15,3)23(18,27-22)12-9-20(16,17)2/h14-18,25H,5-13H2,1-4H3/t14-,15+,16+,17?,18?,20+,21-,22-,23+/m0/s1. The molecule has 1 N–H and O–H groups in total. The van der Waals surface area contributed by atoms with Gasteiger partial charge in [-0.2, -0.15) is 0 Å². The lowest BCUT2D eigenvalue weighted by Gasteiger charge is -2.73. The molecule has 4 heteroatoms. The molecule has 4 saturated carbocycles. The van der Waals surface area contributed by atoms with E-state index in [1.807, 2.05) is 0 Å². The van der Waals surface area contributed by atoms with Gasteiger partial charge in [-0.25, -0.2) is 0 Å². The smallest absolute Gasteiger partial charge is 0.308 e. The second-order valence-corrected chi connectivity index (χ2v) is 11.0. The van der Waals surface area contributed by atoms with E-state index in [9.17, 15) is 9.90 Å². The molecule has 27 heavy (non-hydrogen) atoms. The van der Waals surface area contributed by atoms with Crippen LogP contribution in [-0.4, -0.2) is 29.6 Å². The van der Waals surface area contributed by atoms with Crippen molar-refractivity contribution in [2.45, 2.75) is 89.9 Å². The molecule has 2 unspecified atom stereocenters. The number of carbonyl (C=O) groups excluding carboxylic acids is 1. The third kappa shape index (κ3) is 2.10. The van der Waals surface area contributed by atoms with E-state index in [2.05, 4.69) is 20.8 Å². The van der Waals surface area contributed by atoms with Crippen LogP contribution < -0.4 is 0 Å². The predicted molar refractivity (Wildman–Crippen MR) is 102 cm³/mol. The monoisotopic (exact) mass is 376 g/mol. The number of hydrogen-bond donors (Lipinski definition) is 1. The molecule has 6 aliphatic rings. The maximum absolute atomic E-state index is 12.3. The molecule has 0 amide bonds. The molecule has 4 bridgehead atoms. The highest BCUT2D eigenvalue weighted by molar-refractivity contribution is 5.72. The summed E-state index contributed by atoms with van der Waals surface area (Å²) in [5.74, 6) is 1.17. The van der Waals surface area contributed by atoms with Crippen LogP contribution in [0.2, 0.25) is 0 Å². The lowest BCUT2D eigenvalue weighted by molar-refractivity contribution is -0.418. The third-order valence-corrected chi connectivity index (χ3v) is 10.4. The molecule has 0 aromatic carbocycles. The van der Waals surface area contributed by atoms with E-state index in [1.165, 1.54) is 26.4 Å². The van der Waals surface area contributed by atoms with E-state index in [-0.39, 0.29) is 28.3 Å². The van der Waals surface area contributed by atoms with E-state index >= 15 is 0 Å². The molecular formula is C23H36O4. The Morgan fingerprint density at radius 1 is 1.07 bits per heavy atom. The Bertz CT molecular complexity index is 663. The molecule has 1 spiro atoms. The van der Waals surface area contributed by atoms with Crippen molar-refractivity contribution in [3.05, 3.63) is 0 Å². The summed E-state index contributed by atoms with van der Waals surface area (Å²) >= 11 is 0. The minimum Gasteiger partial charge on any atom is -0.469 e. The number of ether oxygens (including phenoxy) is 2. The summed E-state index contributed by atoms with van der Waals surface area (Å²) in [6.45, 7) is 6.97. The molecule has 0 aromatic rings. The zero-order valence-corrected chi connectivity index (χ0v) is 17.4. The summed E-state index contributed by atoms with van der Waals surface area (Å²) in [5, 5.41) is 11.1. The zero-order chi connectivity index (χ0) is 19.2. The lowest BCUT2D eigenvalue weighted by Crippen LogP contribution is -2.74. The van der Waals surface area contributed by atoms with E-state index < -0.39 is 5.79 Å². The Hall–Kier alpha value is -0.610. The molecule has 2 heterocycles. The molecule has 2 aliphatic heterocycles. The third-order valence-electron chi connectivity index (χ3n) is 10.4. The van der Waals surface area contributed by atoms with E-state index in [1.54, 1.807) is 0 Å². The van der Waals surface area contributed by atoms with E-state index in [0.717, 1.165) is 38.5 Å². The van der Waals surface area contributed by atoms with Crippen LogP contribution in [0.4, 0.5) is 0 Å². The predicted octanol–water partition coefficient (Wildman–Crippen LogP) is 4.30. The maximum Gasteiger partial charge on any atom is 0.308 e. The van der Waals surface area contributed by atoms with Crippen LogP contribution in [-0.2, 0) is 14.3 Å². The number of carbonyl (C=O) groups is 1. The van der Waals surface area contributed by atoms with E-state index in [0.29, 0.717) is 23.7 Å². The number of aliphatic hydroxyl groups is 1. The molecule has 9 atom stereocenters. The second-order valence-electron chi connectivity index (χ2n) is 11.0. The van der Waals surface area contributed by atoms with Gasteiger partial charge in [0.05, 0.1) is 18.6 Å². The molecule has 0 aromatic heterocycles. The van der Waals surface area contributed by atoms with Crippen LogP contribution in [0.1, 0.15) is 78.6 Å². The minimum atomic E-state index is -0.883. The molecule has 4 aliphatic carbocycles. The van der Waals surface area contributed by atoms with Crippen molar-refractivity contribution in [1.82, 2.24) is 0 Å². The van der Waals surface area contributed by atoms with Crippen LogP contribution in [0.25, 0.3) is 0 Å². The van der Waals surface area contributed by atoms with Crippen LogP contribution in [0.3, 0.4) is 0 Å². The van der Waals surface area contributed by atoms with Crippen LogP contribution >= 0.6 is 0 Å². The summed E-state index contributed by atoms with van der Waals surface area (Å²) in [6, 6.07) is 0. The average molecular weight is 377 g/mol. The molecule has 6 fully saturated rings. The van der Waals surface area contributed by atoms with Gasteiger partial charge in [0.25, 0.3) is 0 Å². The van der Waals surface area contributed by atoms with Crippen molar-refractivity contribution in [1.29, 1.82) is 0 Å². The fraction of sp³-hybridized carbons (Fsp3) is 0.957. The van der Waals surface area contributed by atoms with Gasteiger partial charge >= 0.3 is 5.97 Å². The van der Waals surface area contributed by atoms with Gasteiger partial charge < -0.3 is 14.6 Å². The van der Waals surface area contributed by atoms with E-state index in [4.69, 9.17) is 9.47 Å². The first-order valence-corrected chi connectivity index (χ1v) is 11.2. The van der Waals surface area contributed by atoms with Crippen LogP contribution in [0.15, 0.2) is 0 Å². The zero-order valence-electron chi connectivity index (χ0n) is 17.4. The van der Waals surface area contributed by atoms with Crippen molar-refractivity contribution < 1.29 is 19.4 Å². The number of fused-ring (bicyclic) bond motifs is 3. The number of esters is 1. The minimum absolute atomic E-state index is 0.0288. The van der Waals surface area contributed by atoms with Crippen molar-refractivity contribution >= 4 is 5.97 Å². The number of methoxy groups -OCH3 is 1. The lowest BCUT2D eigenvalue weighted by atomic mass is 9.40. The Morgan fingerprint density at radius 3 is 2.56 bits per heavy atom. The fourth-order valence-electron chi connectivity index (χ4n) is 9.01. The maximum atomic E-state index is 12.3. The van der Waals surface area contributed by atoms with Crippen molar-refractivity contribution in [3.8, 4) is 0 Å². The normalized spacial score (nSPS) is 56.9. The van der Waals surface area contributed by atoms with Crippen LogP contribution in [0.5, 0.6) is 0 Å². The first-order chi connectivity index (χ1) is 12.7. The number of hydrogen-bond acceptors (Lipinski definition) is 4. The quantitative estimate of drug-likeness (QED) is 0.730. The molecule has 2 saturated heterocycles. The highest BCUT2D eigenvalue weighted by atomic mass is 16.6. The second kappa shape index (κ2) is 5.50. The highest BCUT2D eigenvalue weighted by Gasteiger charge is 2.73. The SMILES string of the molecule is COC(=O)[C@@H](C)[C@H]1CCC2C3CC[C@@H]4C[C@]5(O)CC[C@]4(C)[C@]3(CC[C@@]21C)O5. The van der Waals surface area contributed by atoms with Gasteiger partial charge in [0, 0.05) is 18.3 Å². The summed E-state index contributed by atoms with van der Waals surface area (Å²) in [6.07, 6.45) is 9.68. The Kier molecular flexibility index (Phi) is 3.75. The molecule has 0 radical (unpaired) electrons. The highest BCUT2D eigenvalue weighted by Crippen LogP contribution is 2.74. The summed E-state index contributed by atoms with van der Waals surface area (Å²) in [5.41, 5.74) is 0.262. The molecule has 4 nitrogen and oxygen atoms in total. The van der Waals surface area contributed by atoms with Crippen molar-refractivity contribution in [3.63, 3.8) is 0 Å². The van der Waals surface area contributed by atoms with Gasteiger partial charge in [0.1, 0.15) is 0 Å². The Balaban J connectivity index is 1.51. The Morgan fingerprint density at radius 2 is 1.81 bits per heavy atom. The average Bonchev–Trinajstić information content (AvgIpc) is 2.97. The summed E-state index contributed by atoms with van der Waals surface area (Å²) in [4.78, 5) is 12.3. The summed E-state index contributed by atoms with van der Waals surface area (Å²) < 4.78 is 11.8. The van der Waals surface area contributed by atoms with Crippen molar-refractivity contribution in [2.24, 2.45) is 40.4 Å². The van der Waals surface area contributed by atoms with Gasteiger partial charge in [0.2, 0.25) is 0 Å². The first-order valence-electron chi connectivity index (χ1n) is 11.2. The first kappa shape index (κ1) is 18.4. The van der Waals surface area contributed by atoms with Gasteiger partial charge in [-0.3, -0.25) is 4.79 Å². The van der Waals surface area contributed by atoms with Gasteiger partial charge in [-0.15, -0.1) is 0 Å². The molecular weight excluding hydrogens is 340 g/mol. The van der Waals surface area contributed by atoms with Gasteiger partial charge in [-0.05, 0) is 74.0 Å². The van der Waals surface area contributed by atoms with Crippen molar-refractivity contribution in [2.75, 3.05) is 7.11 Å².